The fourth-order valence-corrected chi connectivity index (χ4v) is 3.23. The van der Waals surface area contributed by atoms with Gasteiger partial charge < -0.3 is 15.2 Å². The molecule has 3 rings (SSSR count). The number of carbonyl (C=O) groups excluding carboxylic acids is 1. The number of benzene rings is 2. The van der Waals surface area contributed by atoms with Crippen molar-refractivity contribution in [3.05, 3.63) is 65.5 Å². The molecule has 0 spiro atoms. The number of ether oxygens (including phenoxy) is 1. The molecule has 0 saturated heterocycles. The average Bonchev–Trinajstić information content (AvgIpc) is 2.62. The highest BCUT2D eigenvalue weighted by molar-refractivity contribution is 5.78. The molecule has 5 nitrogen and oxygen atoms in total. The molecule has 1 amide bonds. The number of nitrogens with one attached hydrogen (secondary N) is 1. The van der Waals surface area contributed by atoms with Crippen molar-refractivity contribution >= 4 is 11.9 Å². The minimum Gasteiger partial charge on any atom is -0.493 e. The zero-order chi connectivity index (χ0) is 18.5. The van der Waals surface area contributed by atoms with Crippen LogP contribution < -0.4 is 10.1 Å². The Hall–Kier alpha value is -2.89. The highest BCUT2D eigenvalue weighted by Crippen LogP contribution is 2.35. The van der Waals surface area contributed by atoms with Crippen molar-refractivity contribution in [2.24, 2.45) is 0 Å². The summed E-state index contributed by atoms with van der Waals surface area (Å²) in [5, 5.41) is 11.9. The molecule has 0 saturated carbocycles. The molecule has 0 aliphatic carbocycles. The summed E-state index contributed by atoms with van der Waals surface area (Å²) in [4.78, 5) is 23.7. The van der Waals surface area contributed by atoms with Crippen LogP contribution in [0.2, 0.25) is 0 Å². The fourth-order valence-electron chi connectivity index (χ4n) is 3.23. The van der Waals surface area contributed by atoms with E-state index in [1.165, 1.54) is 24.3 Å². The number of para-hydroxylation sites is 1. The van der Waals surface area contributed by atoms with Crippen LogP contribution in [0, 0.1) is 5.82 Å². The maximum absolute atomic E-state index is 13.1. The molecule has 0 radical (unpaired) electrons. The van der Waals surface area contributed by atoms with E-state index < -0.39 is 17.8 Å². The number of rotatable bonds is 6. The van der Waals surface area contributed by atoms with E-state index in [1.807, 2.05) is 24.3 Å². The van der Waals surface area contributed by atoms with Gasteiger partial charge in [-0.15, -0.1) is 0 Å². The van der Waals surface area contributed by atoms with Crippen molar-refractivity contribution in [3.63, 3.8) is 0 Å². The van der Waals surface area contributed by atoms with Gasteiger partial charge >= 0.3 is 5.97 Å². The van der Waals surface area contributed by atoms with Crippen LogP contribution in [0.4, 0.5) is 4.39 Å². The van der Waals surface area contributed by atoms with E-state index in [2.05, 4.69) is 5.32 Å². The first-order chi connectivity index (χ1) is 12.5. The highest BCUT2D eigenvalue weighted by atomic mass is 19.1. The molecule has 26 heavy (non-hydrogen) atoms. The maximum atomic E-state index is 13.1. The maximum Gasteiger partial charge on any atom is 0.305 e. The van der Waals surface area contributed by atoms with Gasteiger partial charge in [-0.1, -0.05) is 30.3 Å². The summed E-state index contributed by atoms with van der Waals surface area (Å²) in [6.07, 6.45) is 0.712. The van der Waals surface area contributed by atoms with Gasteiger partial charge in [0.1, 0.15) is 11.6 Å². The Labute approximate surface area is 150 Å². The largest absolute Gasteiger partial charge is 0.493 e. The summed E-state index contributed by atoms with van der Waals surface area (Å²) < 4.78 is 18.7. The van der Waals surface area contributed by atoms with Crippen LogP contribution in [0.15, 0.2) is 48.5 Å². The Balaban J connectivity index is 1.70. The SMILES string of the molecule is O=C(O)C[C@H](NC(=O)C[C@H]1CCOc2ccccc21)c1ccc(F)cc1. The smallest absolute Gasteiger partial charge is 0.305 e. The van der Waals surface area contributed by atoms with Crippen LogP contribution in [-0.4, -0.2) is 23.6 Å². The van der Waals surface area contributed by atoms with Gasteiger partial charge in [0, 0.05) is 6.42 Å². The highest BCUT2D eigenvalue weighted by Gasteiger charge is 2.25. The number of hydrogen-bond donors (Lipinski definition) is 2. The second-order valence-electron chi connectivity index (χ2n) is 6.35. The van der Waals surface area contributed by atoms with E-state index in [4.69, 9.17) is 9.84 Å². The van der Waals surface area contributed by atoms with E-state index in [0.717, 1.165) is 17.7 Å². The molecule has 1 heterocycles. The number of carbonyl (C=O) groups is 2. The summed E-state index contributed by atoms with van der Waals surface area (Å²) >= 11 is 0. The van der Waals surface area contributed by atoms with Gasteiger partial charge in [-0.2, -0.15) is 0 Å². The van der Waals surface area contributed by atoms with E-state index >= 15 is 0 Å². The lowest BCUT2D eigenvalue weighted by Gasteiger charge is -2.26. The monoisotopic (exact) mass is 357 g/mol. The van der Waals surface area contributed by atoms with Crippen LogP contribution in [0.5, 0.6) is 5.75 Å². The third kappa shape index (κ3) is 4.39. The van der Waals surface area contributed by atoms with Gasteiger partial charge in [-0.25, -0.2) is 4.39 Å². The fraction of sp³-hybridized carbons (Fsp3) is 0.300. The van der Waals surface area contributed by atoms with Gasteiger partial charge in [0.05, 0.1) is 19.1 Å². The Bertz CT molecular complexity index is 791. The van der Waals surface area contributed by atoms with Gasteiger partial charge in [0.2, 0.25) is 5.91 Å². The van der Waals surface area contributed by atoms with E-state index in [-0.39, 0.29) is 24.7 Å². The van der Waals surface area contributed by atoms with Crippen LogP contribution >= 0.6 is 0 Å². The lowest BCUT2D eigenvalue weighted by Crippen LogP contribution is -2.32. The molecule has 2 N–H and O–H groups in total. The third-order valence-corrected chi connectivity index (χ3v) is 4.50. The zero-order valence-electron chi connectivity index (χ0n) is 14.2. The number of hydrogen-bond acceptors (Lipinski definition) is 3. The first-order valence-corrected chi connectivity index (χ1v) is 8.51. The molecule has 0 fully saturated rings. The van der Waals surface area contributed by atoms with Crippen LogP contribution in [-0.2, 0) is 9.59 Å². The summed E-state index contributed by atoms with van der Waals surface area (Å²) in [5.41, 5.74) is 1.56. The van der Waals surface area contributed by atoms with E-state index in [0.29, 0.717) is 12.2 Å². The van der Waals surface area contributed by atoms with Crippen LogP contribution in [0.1, 0.15) is 42.3 Å². The number of fused-ring (bicyclic) bond motifs is 1. The lowest BCUT2D eigenvalue weighted by atomic mass is 9.90. The van der Waals surface area contributed by atoms with Gasteiger partial charge in [-0.05, 0) is 41.7 Å². The van der Waals surface area contributed by atoms with Gasteiger partial charge in [0.25, 0.3) is 0 Å². The molecule has 0 unspecified atom stereocenters. The molecule has 2 aromatic rings. The number of carboxylic acid groups (broad SMARTS) is 1. The van der Waals surface area contributed by atoms with Crippen molar-refractivity contribution in [2.45, 2.75) is 31.2 Å². The molecule has 1 aliphatic rings. The van der Waals surface area contributed by atoms with Gasteiger partial charge in [-0.3, -0.25) is 9.59 Å². The molecule has 1 aliphatic heterocycles. The summed E-state index contributed by atoms with van der Waals surface area (Å²) in [5.74, 6) is -0.859. The number of aliphatic carboxylic acids is 1. The predicted molar refractivity (Wildman–Crippen MR) is 93.4 cm³/mol. The Morgan fingerprint density at radius 2 is 1.92 bits per heavy atom. The minimum absolute atomic E-state index is 0.0265. The quantitative estimate of drug-likeness (QED) is 0.831. The normalized spacial score (nSPS) is 16.9. The summed E-state index contributed by atoms with van der Waals surface area (Å²) in [6, 6.07) is 12.4. The molecule has 136 valence electrons. The Kier molecular flexibility index (Phi) is 5.51. The van der Waals surface area contributed by atoms with Crippen LogP contribution in [0.25, 0.3) is 0 Å². The molecule has 2 atom stereocenters. The first-order valence-electron chi connectivity index (χ1n) is 8.51. The molecular formula is C20H20FNO4. The molecular weight excluding hydrogens is 337 g/mol. The topological polar surface area (TPSA) is 75.6 Å². The molecule has 0 bridgehead atoms. The third-order valence-electron chi connectivity index (χ3n) is 4.50. The lowest BCUT2D eigenvalue weighted by molar-refractivity contribution is -0.137. The van der Waals surface area contributed by atoms with E-state index in [9.17, 15) is 14.0 Å². The average molecular weight is 357 g/mol. The van der Waals surface area contributed by atoms with Crippen molar-refractivity contribution in [1.82, 2.24) is 5.32 Å². The second-order valence-corrected chi connectivity index (χ2v) is 6.35. The van der Waals surface area contributed by atoms with Crippen LogP contribution in [0.3, 0.4) is 0 Å². The summed E-state index contributed by atoms with van der Waals surface area (Å²) in [7, 11) is 0. The predicted octanol–water partition coefficient (Wildman–Crippen LogP) is 3.41. The summed E-state index contributed by atoms with van der Waals surface area (Å²) in [6.45, 7) is 0.547. The van der Waals surface area contributed by atoms with Crippen molar-refractivity contribution in [3.8, 4) is 5.75 Å². The van der Waals surface area contributed by atoms with Crippen molar-refractivity contribution in [2.75, 3.05) is 6.61 Å². The number of carboxylic acids is 1. The van der Waals surface area contributed by atoms with Crippen molar-refractivity contribution in [1.29, 1.82) is 0 Å². The molecule has 2 aromatic carbocycles. The number of halogens is 1. The zero-order valence-corrected chi connectivity index (χ0v) is 14.2. The molecule has 6 heteroatoms. The standard InChI is InChI=1S/C20H20FNO4/c21-15-7-5-13(6-8-15)17(12-20(24)25)22-19(23)11-14-9-10-26-18-4-2-1-3-16(14)18/h1-8,14,17H,9-12H2,(H,22,23)(H,24,25)/t14-,17+/m1/s1. The Morgan fingerprint density at radius 3 is 2.65 bits per heavy atom. The minimum atomic E-state index is -1.03. The Morgan fingerprint density at radius 1 is 1.19 bits per heavy atom. The molecule has 0 aromatic heterocycles. The van der Waals surface area contributed by atoms with E-state index in [1.54, 1.807) is 0 Å². The second kappa shape index (κ2) is 7.99. The van der Waals surface area contributed by atoms with Crippen molar-refractivity contribution < 1.29 is 23.8 Å². The first kappa shape index (κ1) is 17.9. The number of amides is 1. The van der Waals surface area contributed by atoms with Gasteiger partial charge in [0.15, 0.2) is 0 Å².